The molecule has 3 aromatic heterocycles. The maximum Gasteiger partial charge on any atom is 0.220 e. The Kier molecular flexibility index (Phi) is 3.78. The van der Waals surface area contributed by atoms with Crippen molar-refractivity contribution < 1.29 is 10.2 Å². The lowest BCUT2D eigenvalue weighted by Crippen LogP contribution is -2.34. The standard InChI is InChI=1S/C22H23N7O2/c23-19-13-4-6-29(20(13)27-10-26-19)16-14-8-22(14,18(31)17(16)30)5-3-11-1-2-12-9-25-21(24)28-15(12)7-11/h1-2,4,6-7,9-10,14,16-18,30-31H,3,5,8H2,(H2,23,26,27)(H2,24,25,28)/t14-,16-,17+,18+,22+/m1/s1. The number of nitrogen functional groups attached to an aromatic ring is 2. The molecule has 6 N–H and O–H groups in total. The number of aromatic nitrogens is 5. The van der Waals surface area contributed by atoms with Crippen LogP contribution in [0.1, 0.15) is 24.4 Å². The first-order chi connectivity index (χ1) is 15.0. The fourth-order valence-electron chi connectivity index (χ4n) is 5.56. The highest BCUT2D eigenvalue weighted by Crippen LogP contribution is 2.69. The lowest BCUT2D eigenvalue weighted by molar-refractivity contribution is -0.0191. The van der Waals surface area contributed by atoms with Crippen LogP contribution in [0.15, 0.2) is 43.0 Å². The first kappa shape index (κ1) is 18.5. The van der Waals surface area contributed by atoms with Gasteiger partial charge >= 0.3 is 0 Å². The third-order valence-electron chi connectivity index (χ3n) is 7.26. The van der Waals surface area contributed by atoms with Gasteiger partial charge in [0.1, 0.15) is 23.9 Å². The molecule has 2 aliphatic carbocycles. The molecule has 0 unspecified atom stereocenters. The van der Waals surface area contributed by atoms with Gasteiger partial charge in [0.05, 0.1) is 23.0 Å². The number of benzene rings is 1. The summed E-state index contributed by atoms with van der Waals surface area (Å²) in [7, 11) is 0. The number of aliphatic hydroxyl groups excluding tert-OH is 2. The van der Waals surface area contributed by atoms with E-state index in [1.165, 1.54) is 6.33 Å². The predicted octanol–water partition coefficient (Wildman–Crippen LogP) is 1.45. The van der Waals surface area contributed by atoms with E-state index >= 15 is 0 Å². The summed E-state index contributed by atoms with van der Waals surface area (Å²) < 4.78 is 1.95. The van der Waals surface area contributed by atoms with Crippen LogP contribution in [0.5, 0.6) is 0 Å². The number of anilines is 2. The van der Waals surface area contributed by atoms with Crippen molar-refractivity contribution in [3.63, 3.8) is 0 Å². The van der Waals surface area contributed by atoms with E-state index in [4.69, 9.17) is 11.5 Å². The van der Waals surface area contributed by atoms with E-state index in [2.05, 4.69) is 26.0 Å². The third-order valence-corrected chi connectivity index (χ3v) is 7.26. The molecular weight excluding hydrogens is 394 g/mol. The van der Waals surface area contributed by atoms with E-state index in [9.17, 15) is 10.2 Å². The predicted molar refractivity (Wildman–Crippen MR) is 116 cm³/mol. The van der Waals surface area contributed by atoms with Gasteiger partial charge < -0.3 is 26.2 Å². The minimum Gasteiger partial charge on any atom is -0.390 e. The van der Waals surface area contributed by atoms with Crippen LogP contribution >= 0.6 is 0 Å². The molecule has 2 fully saturated rings. The van der Waals surface area contributed by atoms with Crippen molar-refractivity contribution in [1.29, 1.82) is 0 Å². The van der Waals surface area contributed by atoms with E-state index in [-0.39, 0.29) is 23.3 Å². The van der Waals surface area contributed by atoms with Gasteiger partial charge in [0.25, 0.3) is 0 Å². The van der Waals surface area contributed by atoms with Crippen molar-refractivity contribution in [3.05, 3.63) is 48.5 Å². The van der Waals surface area contributed by atoms with Crippen LogP contribution in [-0.2, 0) is 6.42 Å². The second-order valence-electron chi connectivity index (χ2n) is 8.81. The van der Waals surface area contributed by atoms with Gasteiger partial charge in [-0.25, -0.2) is 19.9 Å². The zero-order chi connectivity index (χ0) is 21.3. The third kappa shape index (κ3) is 2.63. The fourth-order valence-corrected chi connectivity index (χ4v) is 5.56. The molecule has 0 radical (unpaired) electrons. The van der Waals surface area contributed by atoms with E-state index in [0.29, 0.717) is 11.5 Å². The fraction of sp³-hybridized carbons (Fsp3) is 0.364. The largest absolute Gasteiger partial charge is 0.390 e. The Morgan fingerprint density at radius 2 is 2.00 bits per heavy atom. The maximum absolute atomic E-state index is 11.0. The molecule has 0 aliphatic heterocycles. The van der Waals surface area contributed by atoms with E-state index in [1.54, 1.807) is 6.20 Å². The Labute approximate surface area is 177 Å². The van der Waals surface area contributed by atoms with Crippen molar-refractivity contribution in [2.45, 2.75) is 37.5 Å². The topological polar surface area (TPSA) is 149 Å². The Balaban J connectivity index is 1.27. The number of aryl methyl sites for hydroxylation is 1. The van der Waals surface area contributed by atoms with Gasteiger partial charge in [0, 0.05) is 23.2 Å². The number of hydrogen-bond acceptors (Lipinski definition) is 8. The number of nitrogens with two attached hydrogens (primary N) is 2. The van der Waals surface area contributed by atoms with Crippen molar-refractivity contribution in [2.75, 3.05) is 11.5 Å². The average molecular weight is 417 g/mol. The quantitative estimate of drug-likeness (QED) is 0.390. The van der Waals surface area contributed by atoms with Crippen molar-refractivity contribution in [3.8, 4) is 0 Å². The summed E-state index contributed by atoms with van der Waals surface area (Å²) in [4.78, 5) is 16.7. The summed E-state index contributed by atoms with van der Waals surface area (Å²) >= 11 is 0. The van der Waals surface area contributed by atoms with Gasteiger partial charge in [0.2, 0.25) is 5.95 Å². The Hall–Kier alpha value is -3.30. The number of nitrogens with zero attached hydrogens (tertiary/aromatic N) is 5. The summed E-state index contributed by atoms with van der Waals surface area (Å²) in [6.45, 7) is 0. The zero-order valence-corrected chi connectivity index (χ0v) is 16.8. The van der Waals surface area contributed by atoms with Crippen molar-refractivity contribution >= 4 is 33.7 Å². The summed E-state index contributed by atoms with van der Waals surface area (Å²) in [5.74, 6) is 0.855. The van der Waals surface area contributed by atoms with E-state index < -0.39 is 12.2 Å². The van der Waals surface area contributed by atoms with Crippen LogP contribution in [0, 0.1) is 11.3 Å². The number of hydrogen-bond donors (Lipinski definition) is 4. The van der Waals surface area contributed by atoms with Crippen LogP contribution in [0.3, 0.4) is 0 Å². The van der Waals surface area contributed by atoms with Crippen LogP contribution in [0.4, 0.5) is 11.8 Å². The second-order valence-corrected chi connectivity index (χ2v) is 8.81. The molecule has 4 aromatic rings. The Morgan fingerprint density at radius 1 is 1.13 bits per heavy atom. The monoisotopic (exact) mass is 417 g/mol. The highest BCUT2D eigenvalue weighted by molar-refractivity contribution is 5.86. The lowest BCUT2D eigenvalue weighted by atomic mass is 9.91. The summed E-state index contributed by atoms with van der Waals surface area (Å²) in [5, 5.41) is 23.6. The minimum absolute atomic E-state index is 0.183. The molecule has 2 saturated carbocycles. The minimum atomic E-state index is -0.852. The van der Waals surface area contributed by atoms with E-state index in [1.807, 2.05) is 29.0 Å². The maximum atomic E-state index is 11.0. The molecule has 31 heavy (non-hydrogen) atoms. The Bertz CT molecular complexity index is 1320. The lowest BCUT2D eigenvalue weighted by Gasteiger charge is -2.24. The van der Waals surface area contributed by atoms with Crippen molar-refractivity contribution in [1.82, 2.24) is 24.5 Å². The molecule has 158 valence electrons. The highest BCUT2D eigenvalue weighted by atomic mass is 16.3. The van der Waals surface area contributed by atoms with Gasteiger partial charge in [-0.3, -0.25) is 0 Å². The van der Waals surface area contributed by atoms with E-state index in [0.717, 1.165) is 41.1 Å². The second kappa shape index (κ2) is 6.35. The summed E-state index contributed by atoms with van der Waals surface area (Å²) in [6, 6.07) is 7.71. The summed E-state index contributed by atoms with van der Waals surface area (Å²) in [6.07, 6.45) is 5.85. The molecule has 1 aromatic carbocycles. The molecule has 0 saturated heterocycles. The van der Waals surface area contributed by atoms with Crippen LogP contribution in [-0.4, -0.2) is 46.9 Å². The molecule has 9 heteroatoms. The van der Waals surface area contributed by atoms with Gasteiger partial charge in [0.15, 0.2) is 0 Å². The smallest absolute Gasteiger partial charge is 0.220 e. The number of rotatable bonds is 4. The molecule has 0 spiro atoms. The molecule has 3 heterocycles. The molecule has 0 bridgehead atoms. The van der Waals surface area contributed by atoms with Gasteiger partial charge in [-0.05, 0) is 42.9 Å². The highest BCUT2D eigenvalue weighted by Gasteiger charge is 2.70. The van der Waals surface area contributed by atoms with Crippen LogP contribution in [0.25, 0.3) is 21.9 Å². The normalized spacial score (nSPS) is 29.5. The molecule has 0 amide bonds. The molecular formula is C22H23N7O2. The SMILES string of the molecule is Nc1ncc2ccc(CC[C@]34C[C@@H]3[C@@H](n3ccc5c(N)ncnc53)[C@H](O)[C@@H]4O)cc2n1. The van der Waals surface area contributed by atoms with Crippen molar-refractivity contribution in [2.24, 2.45) is 11.3 Å². The molecule has 9 nitrogen and oxygen atoms in total. The van der Waals surface area contributed by atoms with Gasteiger partial charge in [-0.2, -0.15) is 0 Å². The zero-order valence-electron chi connectivity index (χ0n) is 16.8. The Morgan fingerprint density at radius 3 is 2.87 bits per heavy atom. The summed E-state index contributed by atoms with van der Waals surface area (Å²) in [5.41, 5.74) is 14.0. The molecule has 6 rings (SSSR count). The number of fused-ring (bicyclic) bond motifs is 3. The first-order valence-corrected chi connectivity index (χ1v) is 10.4. The first-order valence-electron chi connectivity index (χ1n) is 10.4. The van der Waals surface area contributed by atoms with Gasteiger partial charge in [-0.15, -0.1) is 0 Å². The molecule has 5 atom stereocenters. The van der Waals surface area contributed by atoms with Crippen LogP contribution in [0.2, 0.25) is 0 Å². The van der Waals surface area contributed by atoms with Crippen LogP contribution < -0.4 is 11.5 Å². The number of aliphatic hydroxyl groups is 2. The molecule has 2 aliphatic rings. The van der Waals surface area contributed by atoms with Gasteiger partial charge in [-0.1, -0.05) is 12.1 Å². The average Bonchev–Trinajstić information content (AvgIpc) is 3.25.